The third-order valence-corrected chi connectivity index (χ3v) is 4.41. The first-order valence-corrected chi connectivity index (χ1v) is 8.63. The zero-order valence-corrected chi connectivity index (χ0v) is 14.9. The molecule has 1 fully saturated rings. The fourth-order valence-electron chi connectivity index (χ4n) is 3.11. The highest BCUT2D eigenvalue weighted by Crippen LogP contribution is 2.38. The number of carbonyl (C=O) groups is 2. The summed E-state index contributed by atoms with van der Waals surface area (Å²) in [6.45, 7) is 6.04. The Morgan fingerprint density at radius 1 is 1.20 bits per heavy atom. The van der Waals surface area contributed by atoms with E-state index < -0.39 is 5.97 Å². The van der Waals surface area contributed by atoms with E-state index in [-0.39, 0.29) is 12.4 Å². The summed E-state index contributed by atoms with van der Waals surface area (Å²) in [5.41, 5.74) is 3.26. The van der Waals surface area contributed by atoms with Gasteiger partial charge in [-0.25, -0.2) is 4.79 Å². The molecule has 0 unspecified atom stereocenters. The summed E-state index contributed by atoms with van der Waals surface area (Å²) >= 11 is 0. The minimum absolute atomic E-state index is 0.0541. The van der Waals surface area contributed by atoms with Crippen molar-refractivity contribution in [1.29, 1.82) is 0 Å². The summed E-state index contributed by atoms with van der Waals surface area (Å²) < 4.78 is 12.8. The lowest BCUT2D eigenvalue weighted by molar-refractivity contribution is 0.0526. The molecule has 0 aliphatic heterocycles. The van der Waals surface area contributed by atoms with Gasteiger partial charge in [-0.15, -0.1) is 0 Å². The van der Waals surface area contributed by atoms with Crippen molar-refractivity contribution in [1.82, 2.24) is 4.57 Å². The van der Waals surface area contributed by atoms with Crippen LogP contribution in [0.15, 0.2) is 30.3 Å². The molecule has 25 heavy (non-hydrogen) atoms. The molecule has 1 aliphatic rings. The summed E-state index contributed by atoms with van der Waals surface area (Å²) in [6, 6.07) is 9.18. The summed E-state index contributed by atoms with van der Waals surface area (Å²) in [4.78, 5) is 24.3. The van der Waals surface area contributed by atoms with Crippen molar-refractivity contribution in [2.75, 3.05) is 13.2 Å². The van der Waals surface area contributed by atoms with Gasteiger partial charge in [-0.3, -0.25) is 4.79 Å². The van der Waals surface area contributed by atoms with Crippen molar-refractivity contribution < 1.29 is 19.1 Å². The van der Waals surface area contributed by atoms with Gasteiger partial charge in [0.2, 0.25) is 5.78 Å². The molecule has 1 aromatic heterocycles. The van der Waals surface area contributed by atoms with Gasteiger partial charge in [0, 0.05) is 23.0 Å². The molecule has 1 saturated carbocycles. The molecule has 1 aliphatic carbocycles. The molecule has 0 atom stereocenters. The maximum atomic E-state index is 12.5. The molecule has 0 spiro atoms. The third-order valence-electron chi connectivity index (χ3n) is 4.41. The number of esters is 1. The minimum Gasteiger partial charge on any atom is -0.485 e. The lowest BCUT2D eigenvalue weighted by atomic mass is 10.1. The van der Waals surface area contributed by atoms with Gasteiger partial charge in [0.25, 0.3) is 0 Å². The normalized spacial score (nSPS) is 13.6. The van der Waals surface area contributed by atoms with E-state index in [9.17, 15) is 9.59 Å². The Hall–Kier alpha value is -2.56. The fraction of sp³-hybridized carbons (Fsp3) is 0.400. The number of nitrogens with zero attached hydrogens (tertiary/aromatic N) is 1. The molecule has 3 rings (SSSR count). The van der Waals surface area contributed by atoms with Gasteiger partial charge in [-0.05, 0) is 57.9 Å². The molecule has 132 valence electrons. The van der Waals surface area contributed by atoms with Gasteiger partial charge in [0.1, 0.15) is 5.75 Å². The van der Waals surface area contributed by atoms with E-state index >= 15 is 0 Å². The molecule has 5 heteroatoms. The highest BCUT2D eigenvalue weighted by atomic mass is 16.5. The van der Waals surface area contributed by atoms with Crippen LogP contribution >= 0.6 is 0 Å². The van der Waals surface area contributed by atoms with Crippen LogP contribution in [-0.2, 0) is 4.74 Å². The van der Waals surface area contributed by atoms with Crippen LogP contribution in [0.2, 0.25) is 0 Å². The maximum absolute atomic E-state index is 12.5. The van der Waals surface area contributed by atoms with Gasteiger partial charge in [0.05, 0.1) is 12.2 Å². The molecule has 0 amide bonds. The monoisotopic (exact) mass is 341 g/mol. The Morgan fingerprint density at radius 2 is 1.96 bits per heavy atom. The largest absolute Gasteiger partial charge is 0.485 e. The summed E-state index contributed by atoms with van der Waals surface area (Å²) in [5, 5.41) is 0. The molecule has 1 heterocycles. The average Bonchev–Trinajstić information content (AvgIpc) is 3.38. The van der Waals surface area contributed by atoms with Crippen LogP contribution in [0.25, 0.3) is 0 Å². The molecule has 2 aromatic rings. The number of ketones is 1. The molecular formula is C20H23NO4. The number of hydrogen-bond donors (Lipinski definition) is 0. The van der Waals surface area contributed by atoms with Crippen molar-refractivity contribution in [2.45, 2.75) is 39.7 Å². The van der Waals surface area contributed by atoms with E-state index in [0.29, 0.717) is 29.5 Å². The molecule has 0 saturated heterocycles. The first-order chi connectivity index (χ1) is 12.0. The molecule has 1 aromatic carbocycles. The second kappa shape index (κ2) is 7.13. The van der Waals surface area contributed by atoms with Crippen LogP contribution in [0.5, 0.6) is 5.75 Å². The Balaban J connectivity index is 1.68. The Bertz CT molecular complexity index is 802. The van der Waals surface area contributed by atoms with Crippen molar-refractivity contribution in [3.05, 3.63) is 52.8 Å². The van der Waals surface area contributed by atoms with E-state index in [1.807, 2.05) is 19.9 Å². The van der Waals surface area contributed by atoms with E-state index in [0.717, 1.165) is 11.4 Å². The highest BCUT2D eigenvalue weighted by molar-refractivity contribution is 5.98. The number of rotatable bonds is 7. The number of aryl methyl sites for hydroxylation is 1. The van der Waals surface area contributed by atoms with Crippen molar-refractivity contribution in [3.8, 4) is 5.75 Å². The number of Topliss-reactive ketones (excluding diaryl/α,β-unsaturated/α-hetero) is 1. The lowest BCUT2D eigenvalue weighted by Crippen LogP contribution is -2.13. The number of aromatic nitrogens is 1. The quantitative estimate of drug-likeness (QED) is 0.566. The lowest BCUT2D eigenvalue weighted by Gasteiger charge is -2.09. The SMILES string of the molecule is CCOC(=O)c1cccc(OCC(=O)c2cc(C)n(C3CC3)c2C)c1. The van der Waals surface area contributed by atoms with Gasteiger partial charge in [-0.1, -0.05) is 6.07 Å². The predicted octanol–water partition coefficient (Wildman–Crippen LogP) is 3.88. The maximum Gasteiger partial charge on any atom is 0.338 e. The van der Waals surface area contributed by atoms with Crippen LogP contribution in [-0.4, -0.2) is 29.5 Å². The third kappa shape index (κ3) is 3.76. The van der Waals surface area contributed by atoms with E-state index in [4.69, 9.17) is 9.47 Å². The van der Waals surface area contributed by atoms with Crippen LogP contribution in [0, 0.1) is 13.8 Å². The molecular weight excluding hydrogens is 318 g/mol. The van der Waals surface area contributed by atoms with Crippen LogP contribution in [0.3, 0.4) is 0 Å². The zero-order valence-electron chi connectivity index (χ0n) is 14.9. The Labute approximate surface area is 147 Å². The number of ether oxygens (including phenoxy) is 2. The van der Waals surface area contributed by atoms with Gasteiger partial charge in [0.15, 0.2) is 6.61 Å². The molecule has 5 nitrogen and oxygen atoms in total. The van der Waals surface area contributed by atoms with Gasteiger partial charge >= 0.3 is 5.97 Å². The standard InChI is InChI=1S/C20H23NO4/c1-4-24-20(23)15-6-5-7-17(11-15)25-12-19(22)18-10-13(2)21(14(18)3)16-8-9-16/h5-7,10-11,16H,4,8-9,12H2,1-3H3. The highest BCUT2D eigenvalue weighted by Gasteiger charge is 2.28. The van der Waals surface area contributed by atoms with Crippen LogP contribution < -0.4 is 4.74 Å². The van der Waals surface area contributed by atoms with Crippen LogP contribution in [0.4, 0.5) is 0 Å². The summed E-state index contributed by atoms with van der Waals surface area (Å²) in [7, 11) is 0. The zero-order chi connectivity index (χ0) is 18.0. The number of carbonyl (C=O) groups excluding carboxylic acids is 2. The van der Waals surface area contributed by atoms with Gasteiger partial charge < -0.3 is 14.0 Å². The van der Waals surface area contributed by atoms with Gasteiger partial charge in [-0.2, -0.15) is 0 Å². The summed E-state index contributed by atoms with van der Waals surface area (Å²) in [6.07, 6.45) is 2.36. The van der Waals surface area contributed by atoms with E-state index in [1.165, 1.54) is 12.8 Å². The smallest absolute Gasteiger partial charge is 0.338 e. The Kier molecular flexibility index (Phi) is 4.93. The fourth-order valence-corrected chi connectivity index (χ4v) is 3.11. The van der Waals surface area contributed by atoms with E-state index in [2.05, 4.69) is 4.57 Å². The number of hydrogen-bond acceptors (Lipinski definition) is 4. The predicted molar refractivity (Wildman–Crippen MR) is 94.4 cm³/mol. The minimum atomic E-state index is -0.396. The number of benzene rings is 1. The Morgan fingerprint density at radius 3 is 2.64 bits per heavy atom. The summed E-state index contributed by atoms with van der Waals surface area (Å²) in [5.74, 6) is 0.0312. The first kappa shape index (κ1) is 17.3. The molecule has 0 radical (unpaired) electrons. The van der Waals surface area contributed by atoms with Crippen molar-refractivity contribution in [2.24, 2.45) is 0 Å². The van der Waals surface area contributed by atoms with E-state index in [1.54, 1.807) is 31.2 Å². The van der Waals surface area contributed by atoms with Crippen molar-refractivity contribution in [3.63, 3.8) is 0 Å². The molecule has 0 N–H and O–H groups in total. The molecule has 0 bridgehead atoms. The average molecular weight is 341 g/mol. The first-order valence-electron chi connectivity index (χ1n) is 8.63. The second-order valence-electron chi connectivity index (χ2n) is 6.35. The van der Waals surface area contributed by atoms with Crippen molar-refractivity contribution >= 4 is 11.8 Å². The van der Waals surface area contributed by atoms with Crippen LogP contribution in [0.1, 0.15) is 57.9 Å². The second-order valence-corrected chi connectivity index (χ2v) is 6.35. The topological polar surface area (TPSA) is 57.5 Å².